The van der Waals surface area contributed by atoms with Gasteiger partial charge in [0.2, 0.25) is 0 Å². The van der Waals surface area contributed by atoms with Gasteiger partial charge in [0, 0.05) is 19.5 Å². The van der Waals surface area contributed by atoms with Crippen molar-refractivity contribution in [1.82, 2.24) is 0 Å². The molecule has 1 aliphatic rings. The summed E-state index contributed by atoms with van der Waals surface area (Å²) in [5.74, 6) is 0. The van der Waals surface area contributed by atoms with E-state index in [0.29, 0.717) is 0 Å². The van der Waals surface area contributed by atoms with E-state index in [1.165, 1.54) is 5.71 Å². The van der Waals surface area contributed by atoms with Crippen LogP contribution >= 0.6 is 0 Å². The van der Waals surface area contributed by atoms with Crippen molar-refractivity contribution in [1.29, 1.82) is 0 Å². The Morgan fingerprint density at radius 1 is 1.23 bits per heavy atom. The lowest BCUT2D eigenvalue weighted by Gasteiger charge is -2.16. The highest BCUT2D eigenvalue weighted by Gasteiger charge is 2.17. The first-order valence-corrected chi connectivity index (χ1v) is 4.32. The topological polar surface area (TPSA) is 12.4 Å². The lowest BCUT2D eigenvalue weighted by molar-refractivity contribution is 0.594. The molecule has 1 nitrogen and oxygen atoms in total. The Balaban J connectivity index is -0.000000234. The van der Waals surface area contributed by atoms with Crippen LogP contribution in [0.1, 0.15) is 42.0 Å². The van der Waals surface area contributed by atoms with Gasteiger partial charge < -0.3 is 0 Å². The number of nitrogens with zero attached hydrogens (tertiary/aromatic N) is 1. The number of allylic oxidation sites excluding steroid dienone is 1. The van der Waals surface area contributed by atoms with Gasteiger partial charge in [-0.05, 0) is 6.08 Å². The quantitative estimate of drug-likeness (QED) is 0.507. The molecule has 0 aromatic rings. The molecule has 0 aromatic heterocycles. The molecular formula is C11H23BN. The summed E-state index contributed by atoms with van der Waals surface area (Å²) in [7, 11) is 0. The van der Waals surface area contributed by atoms with Crippen molar-refractivity contribution in [2.75, 3.05) is 6.54 Å². The Labute approximate surface area is 85.9 Å². The average molecular weight is 180 g/mol. The third-order valence-corrected chi connectivity index (χ3v) is 1.41. The Morgan fingerprint density at radius 3 is 1.85 bits per heavy atom. The Bertz CT molecular complexity index is 163. The zero-order valence-corrected chi connectivity index (χ0v) is 8.89. The summed E-state index contributed by atoms with van der Waals surface area (Å²) < 4.78 is 0. The first-order chi connectivity index (χ1) is 5.11. The van der Waals surface area contributed by atoms with Crippen LogP contribution in [0.5, 0.6) is 0 Å². The summed E-state index contributed by atoms with van der Waals surface area (Å²) >= 11 is 0. The van der Waals surface area contributed by atoms with Gasteiger partial charge in [0.1, 0.15) is 0 Å². The molecular weight excluding hydrogens is 157 g/mol. The van der Waals surface area contributed by atoms with Crippen molar-refractivity contribution >= 4 is 14.1 Å². The minimum absolute atomic E-state index is 0. The first kappa shape index (κ1) is 18.3. The van der Waals surface area contributed by atoms with Crippen LogP contribution in [0.2, 0.25) is 0 Å². The third kappa shape index (κ3) is 6.62. The van der Waals surface area contributed by atoms with Gasteiger partial charge in [-0.2, -0.15) is 0 Å². The molecule has 1 heterocycles. The highest BCUT2D eigenvalue weighted by molar-refractivity contribution is 6.00. The monoisotopic (exact) mass is 180 g/mol. The van der Waals surface area contributed by atoms with E-state index < -0.39 is 0 Å². The van der Waals surface area contributed by atoms with Crippen LogP contribution in [0.3, 0.4) is 0 Å². The zero-order chi connectivity index (χ0) is 8.91. The van der Waals surface area contributed by atoms with Crippen molar-refractivity contribution in [3.8, 4) is 0 Å². The van der Waals surface area contributed by atoms with Crippen LogP contribution in [0.15, 0.2) is 17.1 Å². The molecule has 0 N–H and O–H groups in total. The molecule has 0 bridgehead atoms. The fourth-order valence-corrected chi connectivity index (χ4v) is 0.855. The highest BCUT2D eigenvalue weighted by atomic mass is 14.8. The van der Waals surface area contributed by atoms with Gasteiger partial charge in [-0.15, -0.1) is 0 Å². The van der Waals surface area contributed by atoms with Gasteiger partial charge in [-0.25, -0.2) is 0 Å². The number of hydrogen-bond donors (Lipinski definition) is 0. The van der Waals surface area contributed by atoms with Crippen LogP contribution in [0.25, 0.3) is 0 Å². The number of aliphatic imine (C=N–C) groups is 1. The molecule has 0 fully saturated rings. The van der Waals surface area contributed by atoms with Gasteiger partial charge in [-0.1, -0.05) is 48.1 Å². The molecule has 75 valence electrons. The molecule has 2 heteroatoms. The van der Waals surface area contributed by atoms with Crippen molar-refractivity contribution in [3.05, 3.63) is 12.2 Å². The summed E-state index contributed by atoms with van der Waals surface area (Å²) in [5, 5.41) is 0. The largest absolute Gasteiger partial charge is 0.285 e. The summed E-state index contributed by atoms with van der Waals surface area (Å²) in [6, 6.07) is 0. The van der Waals surface area contributed by atoms with Crippen LogP contribution in [-0.2, 0) is 0 Å². The Morgan fingerprint density at radius 2 is 1.69 bits per heavy atom. The van der Waals surface area contributed by atoms with E-state index in [4.69, 9.17) is 0 Å². The van der Waals surface area contributed by atoms with Gasteiger partial charge in [0.05, 0.1) is 6.54 Å². The smallest absolute Gasteiger partial charge is 0.0577 e. The lowest BCUT2D eigenvalue weighted by atomic mass is 9.90. The first-order valence-electron chi connectivity index (χ1n) is 4.32. The second kappa shape index (κ2) is 8.09. The van der Waals surface area contributed by atoms with Crippen molar-refractivity contribution in [3.63, 3.8) is 0 Å². The lowest BCUT2D eigenvalue weighted by Crippen LogP contribution is -2.16. The van der Waals surface area contributed by atoms with Crippen LogP contribution in [-0.4, -0.2) is 20.7 Å². The molecule has 0 atom stereocenters. The summed E-state index contributed by atoms with van der Waals surface area (Å²) in [6.45, 7) is 11.4. The van der Waals surface area contributed by atoms with E-state index in [2.05, 4.69) is 37.9 Å². The minimum Gasteiger partial charge on any atom is -0.285 e. The zero-order valence-electron chi connectivity index (χ0n) is 8.89. The predicted octanol–water partition coefficient (Wildman–Crippen LogP) is 3.32. The van der Waals surface area contributed by atoms with Crippen LogP contribution in [0, 0.1) is 5.41 Å². The molecule has 0 amide bonds. The second-order valence-corrected chi connectivity index (χ2v) is 3.38. The normalized spacial score (nSPS) is 13.2. The van der Waals surface area contributed by atoms with E-state index in [9.17, 15) is 0 Å². The predicted molar refractivity (Wildman–Crippen MR) is 64.7 cm³/mol. The maximum atomic E-state index is 4.31. The van der Waals surface area contributed by atoms with E-state index in [1.54, 1.807) is 0 Å². The Kier molecular flexibility index (Phi) is 11.4. The summed E-state index contributed by atoms with van der Waals surface area (Å²) in [5.41, 5.74) is 1.47. The molecule has 0 aromatic carbocycles. The molecule has 3 radical (unpaired) electrons. The molecule has 0 saturated carbocycles. The fraction of sp³-hybridized carbons (Fsp3) is 0.727. The average Bonchev–Trinajstić information content (AvgIpc) is 2.40. The molecule has 13 heavy (non-hydrogen) atoms. The third-order valence-electron chi connectivity index (χ3n) is 1.41. The van der Waals surface area contributed by atoms with Crippen molar-refractivity contribution in [2.24, 2.45) is 10.4 Å². The number of hydrogen-bond acceptors (Lipinski definition) is 1. The second-order valence-electron chi connectivity index (χ2n) is 3.38. The maximum absolute atomic E-state index is 4.31. The SMILES string of the molecule is C.CC.CC(C)(C)C1=NCC=C1.[B]. The fourth-order valence-electron chi connectivity index (χ4n) is 0.855. The van der Waals surface area contributed by atoms with E-state index in [1.807, 2.05) is 13.8 Å². The minimum atomic E-state index is 0. The molecule has 0 aliphatic carbocycles. The van der Waals surface area contributed by atoms with Gasteiger partial charge in [0.15, 0.2) is 0 Å². The summed E-state index contributed by atoms with van der Waals surface area (Å²) in [4.78, 5) is 4.31. The summed E-state index contributed by atoms with van der Waals surface area (Å²) in [6.07, 6.45) is 4.21. The molecule has 0 saturated heterocycles. The van der Waals surface area contributed by atoms with E-state index >= 15 is 0 Å². The molecule has 0 unspecified atom stereocenters. The molecule has 1 aliphatic heterocycles. The van der Waals surface area contributed by atoms with Gasteiger partial charge >= 0.3 is 0 Å². The molecule has 1 rings (SSSR count). The van der Waals surface area contributed by atoms with Crippen LogP contribution in [0.4, 0.5) is 0 Å². The van der Waals surface area contributed by atoms with E-state index in [-0.39, 0.29) is 21.3 Å². The molecule has 0 spiro atoms. The van der Waals surface area contributed by atoms with Crippen molar-refractivity contribution < 1.29 is 0 Å². The van der Waals surface area contributed by atoms with E-state index in [0.717, 1.165) is 6.54 Å². The standard InChI is InChI=1S/C8H13N.C2H6.CH4.B/c1-8(2,3)7-5-4-6-9-7;1-2;;/h4-5H,6H2,1-3H3;1-2H3;1H4;. The Hall–Kier alpha value is -0.525. The highest BCUT2D eigenvalue weighted by Crippen LogP contribution is 2.18. The number of rotatable bonds is 0. The van der Waals surface area contributed by atoms with Crippen LogP contribution < -0.4 is 0 Å². The van der Waals surface area contributed by atoms with Gasteiger partial charge in [0.25, 0.3) is 0 Å². The van der Waals surface area contributed by atoms with Crippen molar-refractivity contribution in [2.45, 2.75) is 42.0 Å². The van der Waals surface area contributed by atoms with Gasteiger partial charge in [-0.3, -0.25) is 4.99 Å². The maximum Gasteiger partial charge on any atom is 0.0577 e.